The van der Waals surface area contributed by atoms with Crippen LogP contribution in [-0.2, 0) is 20.9 Å². The van der Waals surface area contributed by atoms with Crippen molar-refractivity contribution in [3.8, 4) is 0 Å². The molecule has 1 aromatic rings. The Morgan fingerprint density at radius 3 is 2.32 bits per heavy atom. The van der Waals surface area contributed by atoms with Crippen LogP contribution in [0.1, 0.15) is 39.7 Å². The lowest BCUT2D eigenvalue weighted by Gasteiger charge is -2.26. The summed E-state index contributed by atoms with van der Waals surface area (Å²) in [6, 6.07) is 9.27. The molecule has 0 spiro atoms. The number of rotatable bonds is 6. The van der Waals surface area contributed by atoms with Gasteiger partial charge in [-0.05, 0) is 26.3 Å². The number of benzene rings is 1. The first kappa shape index (κ1) is 20.5. The summed E-state index contributed by atoms with van der Waals surface area (Å²) >= 11 is 0. The highest BCUT2D eigenvalue weighted by molar-refractivity contribution is 5.91. The van der Waals surface area contributed by atoms with Gasteiger partial charge in [0.2, 0.25) is 5.91 Å². The molecule has 138 valence electrons. The van der Waals surface area contributed by atoms with E-state index in [-0.39, 0.29) is 32.0 Å². The molecule has 3 amide bonds. The van der Waals surface area contributed by atoms with E-state index in [4.69, 9.17) is 9.47 Å². The first-order valence-corrected chi connectivity index (χ1v) is 8.21. The number of hydrogen-bond donors (Lipinski definition) is 1. The van der Waals surface area contributed by atoms with E-state index in [0.29, 0.717) is 0 Å². The number of hydrogen-bond acceptors (Lipinski definition) is 5. The van der Waals surface area contributed by atoms with Crippen LogP contribution in [0.25, 0.3) is 0 Å². The topological polar surface area (TPSA) is 84.9 Å². The molecule has 7 heteroatoms. The zero-order valence-electron chi connectivity index (χ0n) is 15.2. The van der Waals surface area contributed by atoms with Gasteiger partial charge < -0.3 is 14.8 Å². The molecule has 0 saturated heterocycles. The van der Waals surface area contributed by atoms with Crippen LogP contribution >= 0.6 is 0 Å². The van der Waals surface area contributed by atoms with Crippen LogP contribution in [0, 0.1) is 0 Å². The van der Waals surface area contributed by atoms with E-state index < -0.39 is 17.8 Å². The van der Waals surface area contributed by atoms with Crippen molar-refractivity contribution in [1.29, 1.82) is 0 Å². The van der Waals surface area contributed by atoms with Gasteiger partial charge in [-0.1, -0.05) is 37.3 Å². The lowest BCUT2D eigenvalue weighted by Crippen LogP contribution is -2.44. The highest BCUT2D eigenvalue weighted by Gasteiger charge is 2.26. The lowest BCUT2D eigenvalue weighted by atomic mass is 10.2. The largest absolute Gasteiger partial charge is 0.445 e. The van der Waals surface area contributed by atoms with E-state index in [1.807, 2.05) is 30.3 Å². The molecular weight excluding hydrogens is 324 g/mol. The SMILES string of the molecule is CCC(=O)N(CCNC(=O)OCc1ccccc1)C(=O)OC(C)(C)C. The van der Waals surface area contributed by atoms with Crippen LogP contribution in [0.15, 0.2) is 30.3 Å². The van der Waals surface area contributed by atoms with E-state index in [1.54, 1.807) is 27.7 Å². The predicted octanol–water partition coefficient (Wildman–Crippen LogP) is 3.09. The number of carbonyl (C=O) groups is 3. The highest BCUT2D eigenvalue weighted by Crippen LogP contribution is 2.10. The zero-order chi connectivity index (χ0) is 18.9. The molecule has 0 saturated carbocycles. The standard InChI is InChI=1S/C18H26N2O5/c1-5-15(21)20(17(23)25-18(2,3)4)12-11-19-16(22)24-13-14-9-7-6-8-10-14/h6-10H,5,11-13H2,1-4H3,(H,19,22). The maximum absolute atomic E-state index is 12.1. The van der Waals surface area contributed by atoms with Crippen molar-refractivity contribution in [1.82, 2.24) is 10.2 Å². The van der Waals surface area contributed by atoms with Crippen molar-refractivity contribution in [2.75, 3.05) is 13.1 Å². The Labute approximate surface area is 148 Å². The second-order valence-corrected chi connectivity index (χ2v) is 6.37. The minimum atomic E-state index is -0.723. The van der Waals surface area contributed by atoms with E-state index in [1.165, 1.54) is 0 Å². The molecule has 0 aliphatic carbocycles. The molecule has 0 aromatic heterocycles. The summed E-state index contributed by atoms with van der Waals surface area (Å²) < 4.78 is 10.3. The summed E-state index contributed by atoms with van der Waals surface area (Å²) in [5.41, 5.74) is 0.167. The van der Waals surface area contributed by atoms with Crippen molar-refractivity contribution >= 4 is 18.1 Å². The van der Waals surface area contributed by atoms with Gasteiger partial charge in [-0.3, -0.25) is 4.79 Å². The van der Waals surface area contributed by atoms with Gasteiger partial charge in [0.1, 0.15) is 12.2 Å². The van der Waals surface area contributed by atoms with Gasteiger partial charge in [0.25, 0.3) is 0 Å². The molecule has 1 aromatic carbocycles. The number of ether oxygens (including phenoxy) is 2. The predicted molar refractivity (Wildman–Crippen MR) is 92.9 cm³/mol. The Hall–Kier alpha value is -2.57. The first-order valence-electron chi connectivity index (χ1n) is 8.21. The summed E-state index contributed by atoms with van der Waals surface area (Å²) in [6.07, 6.45) is -1.17. The quantitative estimate of drug-likeness (QED) is 0.852. The van der Waals surface area contributed by atoms with Gasteiger partial charge in [-0.25, -0.2) is 14.5 Å². The normalized spacial score (nSPS) is 10.7. The number of imide groups is 1. The van der Waals surface area contributed by atoms with Gasteiger partial charge in [-0.15, -0.1) is 0 Å². The fourth-order valence-corrected chi connectivity index (χ4v) is 1.87. The second-order valence-electron chi connectivity index (χ2n) is 6.37. The van der Waals surface area contributed by atoms with E-state index in [9.17, 15) is 14.4 Å². The molecule has 7 nitrogen and oxygen atoms in total. The maximum Gasteiger partial charge on any atom is 0.417 e. The zero-order valence-corrected chi connectivity index (χ0v) is 15.2. The number of amides is 3. The maximum atomic E-state index is 12.1. The third kappa shape index (κ3) is 8.19. The molecule has 0 aliphatic rings. The van der Waals surface area contributed by atoms with Crippen molar-refractivity contribution in [2.45, 2.75) is 46.3 Å². The Morgan fingerprint density at radius 1 is 1.12 bits per heavy atom. The van der Waals surface area contributed by atoms with Crippen LogP contribution in [0.5, 0.6) is 0 Å². The molecule has 0 aliphatic heterocycles. The van der Waals surface area contributed by atoms with Crippen molar-refractivity contribution in [3.63, 3.8) is 0 Å². The fraction of sp³-hybridized carbons (Fsp3) is 0.500. The second kappa shape index (κ2) is 9.66. The fourth-order valence-electron chi connectivity index (χ4n) is 1.87. The molecule has 0 heterocycles. The number of carbonyl (C=O) groups excluding carboxylic acids is 3. The van der Waals surface area contributed by atoms with Gasteiger partial charge in [0, 0.05) is 19.5 Å². The third-order valence-corrected chi connectivity index (χ3v) is 3.03. The van der Waals surface area contributed by atoms with E-state index in [0.717, 1.165) is 10.5 Å². The molecule has 0 atom stereocenters. The molecule has 0 unspecified atom stereocenters. The number of nitrogens with one attached hydrogen (secondary N) is 1. The van der Waals surface area contributed by atoms with Crippen LogP contribution in [0.3, 0.4) is 0 Å². The molecule has 1 N–H and O–H groups in total. The van der Waals surface area contributed by atoms with Gasteiger partial charge in [0.15, 0.2) is 0 Å². The van der Waals surface area contributed by atoms with E-state index in [2.05, 4.69) is 5.32 Å². The molecule has 25 heavy (non-hydrogen) atoms. The molecular formula is C18H26N2O5. The number of alkyl carbamates (subject to hydrolysis) is 1. The smallest absolute Gasteiger partial charge is 0.417 e. The number of nitrogens with zero attached hydrogens (tertiary/aromatic N) is 1. The van der Waals surface area contributed by atoms with Crippen LogP contribution in [0.2, 0.25) is 0 Å². The summed E-state index contributed by atoms with van der Waals surface area (Å²) in [6.45, 7) is 7.06. The van der Waals surface area contributed by atoms with Gasteiger partial charge in [-0.2, -0.15) is 0 Å². The Balaban J connectivity index is 2.44. The Morgan fingerprint density at radius 2 is 1.76 bits per heavy atom. The van der Waals surface area contributed by atoms with Crippen molar-refractivity contribution < 1.29 is 23.9 Å². The summed E-state index contributed by atoms with van der Waals surface area (Å²) in [7, 11) is 0. The minimum Gasteiger partial charge on any atom is -0.445 e. The summed E-state index contributed by atoms with van der Waals surface area (Å²) in [5.74, 6) is -0.367. The molecule has 0 fully saturated rings. The van der Waals surface area contributed by atoms with Crippen LogP contribution < -0.4 is 5.32 Å². The molecule has 1 rings (SSSR count). The minimum absolute atomic E-state index is 0.0159. The van der Waals surface area contributed by atoms with Crippen molar-refractivity contribution in [2.24, 2.45) is 0 Å². The average molecular weight is 350 g/mol. The van der Waals surface area contributed by atoms with Crippen molar-refractivity contribution in [3.05, 3.63) is 35.9 Å². The third-order valence-electron chi connectivity index (χ3n) is 3.03. The van der Waals surface area contributed by atoms with E-state index >= 15 is 0 Å². The first-order chi connectivity index (χ1) is 11.7. The summed E-state index contributed by atoms with van der Waals surface area (Å²) in [5, 5.41) is 2.52. The Bertz CT molecular complexity index is 581. The lowest BCUT2D eigenvalue weighted by molar-refractivity contribution is -0.129. The van der Waals surface area contributed by atoms with Crippen LogP contribution in [-0.4, -0.2) is 41.7 Å². The van der Waals surface area contributed by atoms with Gasteiger partial charge in [0.05, 0.1) is 0 Å². The highest BCUT2D eigenvalue weighted by atomic mass is 16.6. The molecule has 0 radical (unpaired) electrons. The molecule has 0 bridgehead atoms. The van der Waals surface area contributed by atoms with Crippen LogP contribution in [0.4, 0.5) is 9.59 Å². The Kier molecular flexibility index (Phi) is 7.91. The average Bonchev–Trinajstić information content (AvgIpc) is 2.55. The van der Waals surface area contributed by atoms with Gasteiger partial charge >= 0.3 is 12.2 Å². The monoisotopic (exact) mass is 350 g/mol. The summed E-state index contributed by atoms with van der Waals surface area (Å²) in [4.78, 5) is 36.7.